The van der Waals surface area contributed by atoms with Crippen molar-refractivity contribution in [3.05, 3.63) is 102 Å². The van der Waals surface area contributed by atoms with Gasteiger partial charge in [-0.2, -0.15) is 0 Å². The Balaban J connectivity index is 1.44. The molecule has 9 heteroatoms. The van der Waals surface area contributed by atoms with Gasteiger partial charge in [0.1, 0.15) is 22.9 Å². The second kappa shape index (κ2) is 8.18. The van der Waals surface area contributed by atoms with Gasteiger partial charge in [0.05, 0.1) is 29.5 Å². The molecular weight excluding hydrogens is 436 g/mol. The Kier molecular flexibility index (Phi) is 5.16. The lowest BCUT2D eigenvalue weighted by atomic mass is 10.1. The van der Waals surface area contributed by atoms with Crippen LogP contribution >= 0.6 is 0 Å². The lowest BCUT2D eigenvalue weighted by Gasteiger charge is -2.21. The Morgan fingerprint density at radius 3 is 2.50 bits per heavy atom. The summed E-state index contributed by atoms with van der Waals surface area (Å²) in [5, 5.41) is 6.14. The molecule has 1 unspecified atom stereocenters. The van der Waals surface area contributed by atoms with Gasteiger partial charge in [-0.05, 0) is 43.2 Å². The predicted molar refractivity (Wildman–Crippen MR) is 129 cm³/mol. The van der Waals surface area contributed by atoms with Gasteiger partial charge in [0.15, 0.2) is 0 Å². The number of nitrogens with zero attached hydrogens (tertiary/aromatic N) is 1. The Labute approximate surface area is 193 Å². The van der Waals surface area contributed by atoms with Crippen LogP contribution in [0.4, 0.5) is 22.7 Å². The van der Waals surface area contributed by atoms with Crippen molar-refractivity contribution in [1.82, 2.24) is 4.98 Å². The maximum atomic E-state index is 13.2. The highest BCUT2D eigenvalue weighted by atomic mass is 16.3. The van der Waals surface area contributed by atoms with E-state index < -0.39 is 10.9 Å². The maximum Gasteiger partial charge on any atom is 0.261 e. The fourth-order valence-electron chi connectivity index (χ4n) is 4.22. The number of furan rings is 1. The van der Waals surface area contributed by atoms with Crippen LogP contribution in [0.2, 0.25) is 0 Å². The van der Waals surface area contributed by atoms with Crippen LogP contribution < -0.4 is 32.0 Å². The number of nitrogens with one attached hydrogen (secondary N) is 3. The second-order valence-corrected chi connectivity index (χ2v) is 8.23. The number of hydrogen-bond donors (Lipinski definition) is 3. The number of fused-ring (bicyclic) bond motifs is 1. The Bertz CT molecular complexity index is 1520. The summed E-state index contributed by atoms with van der Waals surface area (Å²) in [5.74, 6) is 1.16. The third kappa shape index (κ3) is 3.51. The molecule has 3 heterocycles. The number of anilines is 4. The third-order valence-corrected chi connectivity index (χ3v) is 6.02. The summed E-state index contributed by atoms with van der Waals surface area (Å²) in [6.45, 7) is 4.11. The van der Waals surface area contributed by atoms with Crippen LogP contribution in [0.3, 0.4) is 0 Å². The molecule has 1 amide bonds. The molecule has 0 saturated heterocycles. The van der Waals surface area contributed by atoms with Crippen molar-refractivity contribution in [2.75, 3.05) is 15.5 Å². The summed E-state index contributed by atoms with van der Waals surface area (Å²) >= 11 is 0. The maximum absolute atomic E-state index is 13.2. The first-order valence-electron chi connectivity index (χ1n) is 10.9. The largest absolute Gasteiger partial charge is 0.464 e. The number of rotatable bonds is 7. The molecule has 3 N–H and O–H groups in total. The van der Waals surface area contributed by atoms with E-state index in [1.165, 1.54) is 12.3 Å². The molecule has 2 aromatic heterocycles. The van der Waals surface area contributed by atoms with Crippen molar-refractivity contribution in [2.45, 2.75) is 32.9 Å². The molecule has 1 atom stereocenters. The standard InChI is InChI=1S/C25H22N4O5/c1-3-16(18-9-7-13(2)34-18)27-21-22(24(32)23(21)31)28-17-6-4-5-14-12-29(25(33)20(14)17)15-8-10-19(30)26-11-15/h4-11,16,27-28H,3,12H2,1-2H3,(H,26,30). The van der Waals surface area contributed by atoms with E-state index in [2.05, 4.69) is 15.6 Å². The van der Waals surface area contributed by atoms with Gasteiger partial charge in [0, 0.05) is 12.3 Å². The number of aromatic nitrogens is 1. The summed E-state index contributed by atoms with van der Waals surface area (Å²) < 4.78 is 5.68. The zero-order chi connectivity index (χ0) is 24.0. The molecule has 0 fully saturated rings. The molecule has 0 bridgehead atoms. The second-order valence-electron chi connectivity index (χ2n) is 8.23. The molecule has 34 heavy (non-hydrogen) atoms. The Morgan fingerprint density at radius 1 is 1.03 bits per heavy atom. The summed E-state index contributed by atoms with van der Waals surface area (Å²) in [7, 11) is 0. The molecule has 172 valence electrons. The van der Waals surface area contributed by atoms with E-state index in [0.29, 0.717) is 35.7 Å². The third-order valence-electron chi connectivity index (χ3n) is 6.02. The lowest BCUT2D eigenvalue weighted by molar-refractivity contribution is 0.0997. The SMILES string of the molecule is CCC(Nc1c(Nc2cccc3c2C(=O)N(c2ccc(=O)[nH]c2)C3)c(=O)c1=O)c1ccc(C)o1. The molecule has 0 spiro atoms. The van der Waals surface area contributed by atoms with Crippen LogP contribution in [-0.2, 0) is 6.54 Å². The minimum atomic E-state index is -0.645. The summed E-state index contributed by atoms with van der Waals surface area (Å²) in [6.07, 6.45) is 2.12. The molecule has 5 rings (SSSR count). The first-order chi connectivity index (χ1) is 16.4. The van der Waals surface area contributed by atoms with Gasteiger partial charge in [-0.1, -0.05) is 19.1 Å². The Hall–Kier alpha value is -4.40. The van der Waals surface area contributed by atoms with E-state index in [-0.39, 0.29) is 28.9 Å². The zero-order valence-corrected chi connectivity index (χ0v) is 18.6. The van der Waals surface area contributed by atoms with Gasteiger partial charge in [-0.25, -0.2) is 0 Å². The molecule has 0 saturated carbocycles. The van der Waals surface area contributed by atoms with E-state index in [0.717, 1.165) is 11.3 Å². The van der Waals surface area contributed by atoms with Crippen molar-refractivity contribution in [3.63, 3.8) is 0 Å². The number of benzene rings is 1. The first kappa shape index (κ1) is 21.4. The number of amides is 1. The first-order valence-corrected chi connectivity index (χ1v) is 10.9. The summed E-state index contributed by atoms with van der Waals surface area (Å²) in [5.41, 5.74) is 0.960. The fourth-order valence-corrected chi connectivity index (χ4v) is 4.22. The highest BCUT2D eigenvalue weighted by Crippen LogP contribution is 2.35. The van der Waals surface area contributed by atoms with Gasteiger partial charge < -0.3 is 24.9 Å². The fraction of sp³-hybridized carbons (Fsp3) is 0.200. The van der Waals surface area contributed by atoms with Crippen LogP contribution in [-0.4, -0.2) is 10.9 Å². The Morgan fingerprint density at radius 2 is 1.82 bits per heavy atom. The summed E-state index contributed by atoms with van der Waals surface area (Å²) in [6, 6.07) is 11.6. The van der Waals surface area contributed by atoms with Gasteiger partial charge in [0.2, 0.25) is 5.56 Å². The summed E-state index contributed by atoms with van der Waals surface area (Å²) in [4.78, 5) is 53.5. The highest BCUT2D eigenvalue weighted by Gasteiger charge is 2.32. The van der Waals surface area contributed by atoms with E-state index in [1.54, 1.807) is 23.1 Å². The van der Waals surface area contributed by atoms with Crippen molar-refractivity contribution >= 4 is 28.7 Å². The molecule has 1 aliphatic rings. The molecule has 1 aliphatic heterocycles. The van der Waals surface area contributed by atoms with Crippen LogP contribution in [0, 0.1) is 6.92 Å². The van der Waals surface area contributed by atoms with Gasteiger partial charge >= 0.3 is 0 Å². The number of pyridine rings is 1. The minimum absolute atomic E-state index is 0.121. The van der Waals surface area contributed by atoms with Crippen molar-refractivity contribution < 1.29 is 9.21 Å². The number of H-pyrrole nitrogens is 1. The zero-order valence-electron chi connectivity index (χ0n) is 18.6. The van der Waals surface area contributed by atoms with E-state index in [1.807, 2.05) is 32.0 Å². The molecule has 4 aromatic rings. The highest BCUT2D eigenvalue weighted by molar-refractivity contribution is 6.14. The van der Waals surface area contributed by atoms with Crippen LogP contribution in [0.5, 0.6) is 0 Å². The van der Waals surface area contributed by atoms with E-state index in [4.69, 9.17) is 4.42 Å². The van der Waals surface area contributed by atoms with Crippen LogP contribution in [0.25, 0.3) is 0 Å². The monoisotopic (exact) mass is 458 g/mol. The number of carbonyl (C=O) groups is 1. The van der Waals surface area contributed by atoms with E-state index in [9.17, 15) is 19.2 Å². The van der Waals surface area contributed by atoms with Crippen molar-refractivity contribution in [3.8, 4) is 0 Å². The average molecular weight is 458 g/mol. The lowest BCUT2D eigenvalue weighted by Crippen LogP contribution is -2.37. The van der Waals surface area contributed by atoms with Gasteiger partial charge in [-0.3, -0.25) is 19.2 Å². The number of carbonyl (C=O) groups excluding carboxylic acids is 1. The predicted octanol–water partition coefficient (Wildman–Crippen LogP) is 3.34. The van der Waals surface area contributed by atoms with Crippen LogP contribution in [0.1, 0.15) is 46.8 Å². The van der Waals surface area contributed by atoms with E-state index >= 15 is 0 Å². The molecule has 0 aliphatic carbocycles. The van der Waals surface area contributed by atoms with Gasteiger partial charge in [0.25, 0.3) is 16.8 Å². The van der Waals surface area contributed by atoms with Crippen molar-refractivity contribution in [1.29, 1.82) is 0 Å². The number of aromatic amines is 1. The molecule has 2 aromatic carbocycles. The van der Waals surface area contributed by atoms with Gasteiger partial charge in [-0.15, -0.1) is 0 Å². The molecule has 0 radical (unpaired) electrons. The van der Waals surface area contributed by atoms with Crippen LogP contribution in [0.15, 0.2) is 67.5 Å². The smallest absolute Gasteiger partial charge is 0.261 e. The van der Waals surface area contributed by atoms with Crippen molar-refractivity contribution in [2.24, 2.45) is 0 Å². The minimum Gasteiger partial charge on any atom is -0.464 e. The topological polar surface area (TPSA) is 125 Å². The molecular formula is C25H22N4O5. The molecule has 9 nitrogen and oxygen atoms in total. The quantitative estimate of drug-likeness (QED) is 0.363. The number of aryl methyl sites for hydroxylation is 1. The normalized spacial score (nSPS) is 13.8. The average Bonchev–Trinajstić information content (AvgIpc) is 3.42. The number of hydrogen-bond acceptors (Lipinski definition) is 7.